The molecule has 2 aromatic heterocycles. The van der Waals surface area contributed by atoms with E-state index in [0.717, 1.165) is 0 Å². The molecule has 8 nitrogen and oxygen atoms in total. The highest BCUT2D eigenvalue weighted by molar-refractivity contribution is 5.86. The highest BCUT2D eigenvalue weighted by Crippen LogP contribution is 2.28. The van der Waals surface area contributed by atoms with Gasteiger partial charge in [-0.05, 0) is 24.3 Å². The predicted molar refractivity (Wildman–Crippen MR) is 98.2 cm³/mol. The summed E-state index contributed by atoms with van der Waals surface area (Å²) >= 11 is 0. The molecule has 8 heteroatoms. The van der Waals surface area contributed by atoms with E-state index in [1.807, 2.05) is 48.5 Å². The molecule has 0 spiro atoms. The molecule has 0 aliphatic heterocycles. The largest absolute Gasteiger partial charge is 0.394 e. The number of aromatic nitrogens is 4. The van der Waals surface area contributed by atoms with Gasteiger partial charge in [0.05, 0.1) is 23.3 Å². The monoisotopic (exact) mass is 366 g/mol. The second kappa shape index (κ2) is 7.01. The molecule has 4 N–H and O–H groups in total. The van der Waals surface area contributed by atoms with Crippen LogP contribution in [-0.2, 0) is 0 Å². The van der Waals surface area contributed by atoms with Gasteiger partial charge in [-0.15, -0.1) is 0 Å². The van der Waals surface area contributed by atoms with Gasteiger partial charge in [0.1, 0.15) is 29.5 Å². The second-order valence-corrected chi connectivity index (χ2v) is 6.20. The third-order valence-corrected chi connectivity index (χ3v) is 4.39. The van der Waals surface area contributed by atoms with Gasteiger partial charge in [-0.2, -0.15) is 5.10 Å². The van der Waals surface area contributed by atoms with E-state index in [9.17, 15) is 15.3 Å². The Morgan fingerprint density at radius 3 is 2.15 bits per heavy atom. The Balaban J connectivity index is 1.97. The number of fused-ring (bicyclic) bond motifs is 2. The lowest BCUT2D eigenvalue weighted by Gasteiger charge is -2.19. The number of hydrogen-bond donors (Lipinski definition) is 4. The molecule has 0 aliphatic rings. The molecule has 3 unspecified atom stereocenters. The van der Waals surface area contributed by atoms with Crippen molar-refractivity contribution in [3.8, 4) is 5.69 Å². The van der Waals surface area contributed by atoms with Crippen LogP contribution in [0.2, 0.25) is 0 Å². The van der Waals surface area contributed by atoms with Crippen molar-refractivity contribution in [1.29, 1.82) is 0 Å². The van der Waals surface area contributed by atoms with Crippen molar-refractivity contribution in [3.63, 3.8) is 0 Å². The Morgan fingerprint density at radius 1 is 0.852 bits per heavy atom. The molecule has 4 aromatic rings. The first-order valence-corrected chi connectivity index (χ1v) is 8.46. The molecular weight excluding hydrogens is 348 g/mol. The van der Waals surface area contributed by atoms with Crippen LogP contribution in [-0.4, -0.2) is 59.0 Å². The zero-order valence-electron chi connectivity index (χ0n) is 14.2. The molecule has 138 valence electrons. The average molecular weight is 366 g/mol. The number of benzene rings is 2. The number of hydrogen-bond acceptors (Lipinski definition) is 7. The SMILES string of the molecule is OCC(O)C(O)C(O)c1nn(-c2ccccc2)c2nc3ccccc3nc12. The van der Waals surface area contributed by atoms with Crippen LogP contribution in [0.15, 0.2) is 54.6 Å². The molecule has 27 heavy (non-hydrogen) atoms. The van der Waals surface area contributed by atoms with E-state index < -0.39 is 24.9 Å². The highest BCUT2D eigenvalue weighted by Gasteiger charge is 2.31. The first kappa shape index (κ1) is 17.5. The number of aliphatic hydroxyl groups is 4. The number of para-hydroxylation sites is 3. The molecular formula is C19H18N4O4. The third kappa shape index (κ3) is 3.04. The van der Waals surface area contributed by atoms with Gasteiger partial charge in [-0.25, -0.2) is 14.6 Å². The van der Waals surface area contributed by atoms with Gasteiger partial charge in [-0.3, -0.25) is 0 Å². The van der Waals surface area contributed by atoms with Crippen molar-refractivity contribution in [2.24, 2.45) is 0 Å². The molecule has 4 rings (SSSR count). The zero-order valence-corrected chi connectivity index (χ0v) is 14.2. The average Bonchev–Trinajstić information content (AvgIpc) is 3.09. The second-order valence-electron chi connectivity index (χ2n) is 6.20. The molecule has 2 heterocycles. The summed E-state index contributed by atoms with van der Waals surface area (Å²) in [6, 6.07) is 16.5. The van der Waals surface area contributed by atoms with Crippen LogP contribution in [0.1, 0.15) is 11.8 Å². The molecule has 0 amide bonds. The summed E-state index contributed by atoms with van der Waals surface area (Å²) in [7, 11) is 0. The van der Waals surface area contributed by atoms with Crippen LogP contribution in [0.25, 0.3) is 27.9 Å². The van der Waals surface area contributed by atoms with Crippen molar-refractivity contribution >= 4 is 22.2 Å². The van der Waals surface area contributed by atoms with Gasteiger partial charge in [0.25, 0.3) is 0 Å². The van der Waals surface area contributed by atoms with Crippen molar-refractivity contribution < 1.29 is 20.4 Å². The van der Waals surface area contributed by atoms with Crippen molar-refractivity contribution in [2.75, 3.05) is 6.61 Å². The summed E-state index contributed by atoms with van der Waals surface area (Å²) in [5, 5.41) is 43.9. The summed E-state index contributed by atoms with van der Waals surface area (Å²) in [5.41, 5.74) is 2.80. The van der Waals surface area contributed by atoms with Crippen molar-refractivity contribution in [2.45, 2.75) is 18.3 Å². The summed E-state index contributed by atoms with van der Waals surface area (Å²) in [4.78, 5) is 9.17. The quantitative estimate of drug-likeness (QED) is 0.410. The Morgan fingerprint density at radius 2 is 1.48 bits per heavy atom. The Labute approximate surface area is 154 Å². The number of nitrogens with zero attached hydrogens (tertiary/aromatic N) is 4. The van der Waals surface area contributed by atoms with Gasteiger partial charge < -0.3 is 20.4 Å². The van der Waals surface area contributed by atoms with E-state index in [4.69, 9.17) is 5.11 Å². The lowest BCUT2D eigenvalue weighted by atomic mass is 10.1. The van der Waals surface area contributed by atoms with Crippen LogP contribution in [0.5, 0.6) is 0 Å². The smallest absolute Gasteiger partial charge is 0.182 e. The van der Waals surface area contributed by atoms with Crippen LogP contribution in [0.3, 0.4) is 0 Å². The maximum atomic E-state index is 10.6. The summed E-state index contributed by atoms with van der Waals surface area (Å²) in [6.07, 6.45) is -4.67. The lowest BCUT2D eigenvalue weighted by molar-refractivity contribution is -0.0786. The van der Waals surface area contributed by atoms with E-state index in [1.165, 1.54) is 4.68 Å². The minimum Gasteiger partial charge on any atom is -0.394 e. The Kier molecular flexibility index (Phi) is 4.54. The van der Waals surface area contributed by atoms with Gasteiger partial charge in [0.2, 0.25) is 0 Å². The van der Waals surface area contributed by atoms with Gasteiger partial charge in [-0.1, -0.05) is 30.3 Å². The molecule has 0 saturated heterocycles. The van der Waals surface area contributed by atoms with Gasteiger partial charge in [0, 0.05) is 0 Å². The van der Waals surface area contributed by atoms with Crippen LogP contribution in [0, 0.1) is 0 Å². The predicted octanol–water partition coefficient (Wildman–Crippen LogP) is 0.716. The molecule has 0 bridgehead atoms. The summed E-state index contributed by atoms with van der Waals surface area (Å²) in [5.74, 6) is 0. The van der Waals surface area contributed by atoms with Gasteiger partial charge >= 0.3 is 0 Å². The molecule has 2 aromatic carbocycles. The van der Waals surface area contributed by atoms with E-state index in [0.29, 0.717) is 27.9 Å². The van der Waals surface area contributed by atoms with Crippen LogP contribution >= 0.6 is 0 Å². The van der Waals surface area contributed by atoms with Crippen molar-refractivity contribution in [3.05, 3.63) is 60.3 Å². The number of rotatable bonds is 5. The molecule has 0 saturated carbocycles. The zero-order chi connectivity index (χ0) is 19.0. The summed E-state index contributed by atoms with van der Waals surface area (Å²) < 4.78 is 1.53. The fraction of sp³-hybridized carbons (Fsp3) is 0.211. The fourth-order valence-electron chi connectivity index (χ4n) is 2.94. The normalized spacial score (nSPS) is 15.1. The lowest BCUT2D eigenvalue weighted by Crippen LogP contribution is -2.35. The first-order chi connectivity index (χ1) is 13.1. The standard InChI is InChI=1S/C19H18N4O4/c24-10-14(25)17(26)18(27)15-16-19(21-13-9-5-4-8-12(13)20-16)23(22-15)11-6-2-1-3-7-11/h1-9,14,17-18,24-27H,10H2. The minimum absolute atomic E-state index is 0.0760. The van der Waals surface area contributed by atoms with E-state index in [-0.39, 0.29) is 5.69 Å². The Hall–Kier alpha value is -2.91. The Bertz CT molecular complexity index is 1080. The fourth-order valence-corrected chi connectivity index (χ4v) is 2.94. The summed E-state index contributed by atoms with van der Waals surface area (Å²) in [6.45, 7) is -0.690. The maximum absolute atomic E-state index is 10.6. The van der Waals surface area contributed by atoms with E-state index >= 15 is 0 Å². The van der Waals surface area contributed by atoms with E-state index in [2.05, 4.69) is 15.1 Å². The van der Waals surface area contributed by atoms with Gasteiger partial charge in [0.15, 0.2) is 5.65 Å². The van der Waals surface area contributed by atoms with Crippen LogP contribution < -0.4 is 0 Å². The third-order valence-electron chi connectivity index (χ3n) is 4.39. The topological polar surface area (TPSA) is 125 Å². The minimum atomic E-state index is -1.62. The maximum Gasteiger partial charge on any atom is 0.182 e. The molecule has 3 atom stereocenters. The molecule has 0 aliphatic carbocycles. The molecule has 0 fully saturated rings. The number of aliphatic hydroxyl groups excluding tert-OH is 4. The van der Waals surface area contributed by atoms with Crippen molar-refractivity contribution in [1.82, 2.24) is 19.7 Å². The molecule has 0 radical (unpaired) electrons. The van der Waals surface area contributed by atoms with Crippen LogP contribution in [0.4, 0.5) is 0 Å². The van der Waals surface area contributed by atoms with E-state index in [1.54, 1.807) is 6.07 Å². The highest BCUT2D eigenvalue weighted by atomic mass is 16.4. The first-order valence-electron chi connectivity index (χ1n) is 8.46.